The molecule has 1 atom stereocenters. The predicted molar refractivity (Wildman–Crippen MR) is 87.4 cm³/mol. The summed E-state index contributed by atoms with van der Waals surface area (Å²) in [4.78, 5) is 19.4. The number of rotatable bonds is 2. The summed E-state index contributed by atoms with van der Waals surface area (Å²) in [7, 11) is 0. The van der Waals surface area contributed by atoms with Gasteiger partial charge in [-0.2, -0.15) is 0 Å². The van der Waals surface area contributed by atoms with E-state index in [4.69, 9.17) is 4.98 Å². The van der Waals surface area contributed by atoms with Gasteiger partial charge in [-0.25, -0.2) is 4.98 Å². The second-order valence-corrected chi connectivity index (χ2v) is 8.06. The van der Waals surface area contributed by atoms with Crippen LogP contribution in [0.15, 0.2) is 24.3 Å². The summed E-state index contributed by atoms with van der Waals surface area (Å²) >= 11 is 1.73. The molecule has 3 rings (SSSR count). The normalized spacial score (nSPS) is 19.4. The van der Waals surface area contributed by atoms with Crippen molar-refractivity contribution < 1.29 is 4.79 Å². The highest BCUT2D eigenvalue weighted by Gasteiger charge is 2.33. The van der Waals surface area contributed by atoms with Gasteiger partial charge in [-0.05, 0) is 30.4 Å². The van der Waals surface area contributed by atoms with Crippen molar-refractivity contribution in [3.8, 4) is 0 Å². The number of hydrogen-bond acceptors (Lipinski definition) is 3. The van der Waals surface area contributed by atoms with Gasteiger partial charge < -0.3 is 4.90 Å². The van der Waals surface area contributed by atoms with Gasteiger partial charge in [0.15, 0.2) is 0 Å². The molecule has 4 heteroatoms. The van der Waals surface area contributed by atoms with E-state index >= 15 is 0 Å². The van der Waals surface area contributed by atoms with Crippen LogP contribution in [0.3, 0.4) is 0 Å². The number of carbonyl (C=O) groups is 1. The molecule has 1 amide bonds. The van der Waals surface area contributed by atoms with E-state index in [-0.39, 0.29) is 17.4 Å². The van der Waals surface area contributed by atoms with E-state index in [2.05, 4.69) is 26.8 Å². The number of fused-ring (bicyclic) bond motifs is 1. The van der Waals surface area contributed by atoms with Crippen LogP contribution < -0.4 is 0 Å². The van der Waals surface area contributed by atoms with Crippen LogP contribution in [0.5, 0.6) is 0 Å². The molecule has 1 saturated heterocycles. The first-order valence-corrected chi connectivity index (χ1v) is 8.41. The van der Waals surface area contributed by atoms with Crippen LogP contribution in [0.1, 0.15) is 51.1 Å². The first-order valence-electron chi connectivity index (χ1n) is 7.59. The Morgan fingerprint density at radius 2 is 2.14 bits per heavy atom. The zero-order valence-electron chi connectivity index (χ0n) is 12.9. The Labute approximate surface area is 130 Å². The molecule has 2 aromatic rings. The maximum atomic E-state index is 12.6. The third-order valence-electron chi connectivity index (χ3n) is 3.85. The van der Waals surface area contributed by atoms with Gasteiger partial charge in [0, 0.05) is 13.0 Å². The summed E-state index contributed by atoms with van der Waals surface area (Å²) in [6.45, 7) is 7.23. The van der Waals surface area contributed by atoms with Crippen molar-refractivity contribution in [2.24, 2.45) is 5.41 Å². The number of aromatic nitrogens is 1. The summed E-state index contributed by atoms with van der Waals surface area (Å²) in [6, 6.07) is 8.39. The fraction of sp³-hybridized carbons (Fsp3) is 0.529. The number of carbonyl (C=O) groups excluding carboxylic acids is 1. The number of nitrogens with zero attached hydrogens (tertiary/aromatic N) is 2. The van der Waals surface area contributed by atoms with Crippen molar-refractivity contribution in [2.45, 2.75) is 46.1 Å². The molecule has 0 unspecified atom stereocenters. The monoisotopic (exact) mass is 302 g/mol. The smallest absolute Gasteiger partial charge is 0.223 e. The lowest BCUT2D eigenvalue weighted by Crippen LogP contribution is -2.33. The number of para-hydroxylation sites is 1. The third-order valence-corrected chi connectivity index (χ3v) is 4.99. The topological polar surface area (TPSA) is 33.2 Å². The second kappa shape index (κ2) is 5.41. The molecular formula is C17H22N2OS. The van der Waals surface area contributed by atoms with Crippen LogP contribution in [0, 0.1) is 5.41 Å². The number of hydrogen-bond donors (Lipinski definition) is 0. The van der Waals surface area contributed by atoms with Gasteiger partial charge in [0.2, 0.25) is 5.91 Å². The van der Waals surface area contributed by atoms with E-state index in [0.29, 0.717) is 6.42 Å². The molecule has 3 nitrogen and oxygen atoms in total. The van der Waals surface area contributed by atoms with Gasteiger partial charge >= 0.3 is 0 Å². The molecule has 0 saturated carbocycles. The fourth-order valence-electron chi connectivity index (χ4n) is 2.91. The van der Waals surface area contributed by atoms with Gasteiger partial charge in [-0.15, -0.1) is 11.3 Å². The number of thiazole rings is 1. The summed E-state index contributed by atoms with van der Waals surface area (Å²) in [5, 5.41) is 1.09. The minimum absolute atomic E-state index is 0.0395. The van der Waals surface area contributed by atoms with E-state index in [1.807, 2.05) is 23.1 Å². The number of amides is 1. The Kier molecular flexibility index (Phi) is 3.74. The van der Waals surface area contributed by atoms with E-state index in [1.165, 1.54) is 4.70 Å². The van der Waals surface area contributed by atoms with E-state index in [9.17, 15) is 4.79 Å². The Bertz CT molecular complexity index is 623. The maximum Gasteiger partial charge on any atom is 0.223 e. The lowest BCUT2D eigenvalue weighted by Gasteiger charge is -2.27. The first kappa shape index (κ1) is 14.5. The van der Waals surface area contributed by atoms with Gasteiger partial charge in [-0.3, -0.25) is 4.79 Å². The molecule has 0 spiro atoms. The van der Waals surface area contributed by atoms with Gasteiger partial charge in [0.05, 0.1) is 16.3 Å². The summed E-state index contributed by atoms with van der Waals surface area (Å²) in [5.41, 5.74) is 1.09. The molecule has 1 aliphatic heterocycles. The van der Waals surface area contributed by atoms with Gasteiger partial charge in [0.1, 0.15) is 5.01 Å². The van der Waals surface area contributed by atoms with Gasteiger partial charge in [0.25, 0.3) is 0 Å². The molecule has 2 heterocycles. The molecule has 1 aliphatic rings. The Morgan fingerprint density at radius 3 is 2.86 bits per heavy atom. The molecule has 21 heavy (non-hydrogen) atoms. The van der Waals surface area contributed by atoms with Crippen LogP contribution in [0.4, 0.5) is 0 Å². The molecule has 0 N–H and O–H groups in total. The van der Waals surface area contributed by atoms with Crippen molar-refractivity contribution in [3.63, 3.8) is 0 Å². The summed E-state index contributed by atoms with van der Waals surface area (Å²) in [6.07, 6.45) is 2.72. The molecule has 0 radical (unpaired) electrons. The van der Waals surface area contributed by atoms with Crippen LogP contribution >= 0.6 is 11.3 Å². The Hall–Kier alpha value is -1.42. The first-order chi connectivity index (χ1) is 9.94. The number of likely N-dealkylation sites (tertiary alicyclic amines) is 1. The SMILES string of the molecule is CC(C)(C)CC(=O)N1CCC[C@@H]1c1nc2ccccc2s1. The highest BCUT2D eigenvalue weighted by molar-refractivity contribution is 7.18. The molecule has 1 fully saturated rings. The van der Waals surface area contributed by atoms with Crippen LogP contribution in [-0.4, -0.2) is 22.3 Å². The van der Waals surface area contributed by atoms with Crippen molar-refractivity contribution in [3.05, 3.63) is 29.3 Å². The maximum absolute atomic E-state index is 12.6. The Balaban J connectivity index is 1.85. The van der Waals surface area contributed by atoms with Gasteiger partial charge in [-0.1, -0.05) is 32.9 Å². The van der Waals surface area contributed by atoms with Crippen molar-refractivity contribution in [1.29, 1.82) is 0 Å². The molecule has 1 aromatic carbocycles. The molecule has 112 valence electrons. The van der Waals surface area contributed by atoms with E-state index in [0.717, 1.165) is 29.9 Å². The van der Waals surface area contributed by atoms with E-state index in [1.54, 1.807) is 11.3 Å². The minimum atomic E-state index is 0.0395. The van der Waals surface area contributed by atoms with Crippen molar-refractivity contribution >= 4 is 27.5 Å². The van der Waals surface area contributed by atoms with Crippen molar-refractivity contribution in [1.82, 2.24) is 9.88 Å². The second-order valence-electron chi connectivity index (χ2n) is 7.00. The zero-order chi connectivity index (χ0) is 15.0. The quantitative estimate of drug-likeness (QED) is 0.824. The minimum Gasteiger partial charge on any atom is -0.333 e. The summed E-state index contributed by atoms with van der Waals surface area (Å²) in [5.74, 6) is 0.268. The average Bonchev–Trinajstić information content (AvgIpc) is 3.02. The largest absolute Gasteiger partial charge is 0.333 e. The lowest BCUT2D eigenvalue weighted by atomic mass is 9.91. The molecule has 1 aromatic heterocycles. The predicted octanol–water partition coefficient (Wildman–Crippen LogP) is 4.40. The fourth-order valence-corrected chi connectivity index (χ4v) is 4.03. The molecule has 0 aliphatic carbocycles. The van der Waals surface area contributed by atoms with Crippen LogP contribution in [-0.2, 0) is 4.79 Å². The standard InChI is InChI=1S/C17H22N2OS/c1-17(2,3)11-15(20)19-10-6-8-13(19)16-18-12-7-4-5-9-14(12)21-16/h4-5,7,9,13H,6,8,10-11H2,1-3H3/t13-/m1/s1. The van der Waals surface area contributed by atoms with E-state index < -0.39 is 0 Å². The molecular weight excluding hydrogens is 280 g/mol. The average molecular weight is 302 g/mol. The third kappa shape index (κ3) is 3.10. The zero-order valence-corrected chi connectivity index (χ0v) is 13.7. The molecule has 0 bridgehead atoms. The van der Waals surface area contributed by atoms with Crippen molar-refractivity contribution in [2.75, 3.05) is 6.54 Å². The highest BCUT2D eigenvalue weighted by Crippen LogP contribution is 2.37. The van der Waals surface area contributed by atoms with Crippen LogP contribution in [0.25, 0.3) is 10.2 Å². The highest BCUT2D eigenvalue weighted by atomic mass is 32.1. The van der Waals surface area contributed by atoms with Crippen LogP contribution in [0.2, 0.25) is 0 Å². The lowest BCUT2D eigenvalue weighted by molar-refractivity contribution is -0.134. The number of benzene rings is 1. The Morgan fingerprint density at radius 1 is 1.38 bits per heavy atom. The summed E-state index contributed by atoms with van der Waals surface area (Å²) < 4.78 is 1.21.